The zero-order chi connectivity index (χ0) is 46.1. The third kappa shape index (κ3) is 14.7. The number of esters is 2. The van der Waals surface area contributed by atoms with Gasteiger partial charge in [-0.2, -0.15) is 10.2 Å². The molecule has 13 nitrogen and oxygen atoms in total. The number of fused-ring (bicyclic) bond motifs is 1. The number of H-pyrrole nitrogens is 1. The molecule has 6 aromatic carbocycles. The molecule has 0 aliphatic rings. The van der Waals surface area contributed by atoms with E-state index in [1.807, 2.05) is 111 Å². The van der Waals surface area contributed by atoms with E-state index in [1.54, 1.807) is 86.6 Å². The lowest BCUT2D eigenvalue weighted by Crippen LogP contribution is -2.40. The van der Waals surface area contributed by atoms with E-state index in [0.29, 0.717) is 23.0 Å². The third-order valence-electron chi connectivity index (χ3n) is 9.58. The Morgan fingerprint density at radius 2 is 0.892 bits per heavy atom. The first kappa shape index (κ1) is 47.8. The van der Waals surface area contributed by atoms with Gasteiger partial charge in [-0.25, -0.2) is 9.13 Å². The van der Waals surface area contributed by atoms with Crippen molar-refractivity contribution in [3.8, 4) is 23.0 Å². The summed E-state index contributed by atoms with van der Waals surface area (Å²) in [5.74, 6) is 0.340. The molecule has 15 heteroatoms. The minimum Gasteiger partial charge on any atom is -0.465 e. The SMILES string of the molecule is CCOC(=O)[C@H](Cc1c[nH]c2ccccc12)NP(=O)(Oc1ccccc1)Oc1ccc(C)cc1.CCOC(=O)[C@H](Cc1ccccc1)NP(=O)(Oc1ccccc1)Oc1ccc(C)cc1. The molecule has 0 aliphatic carbocycles. The number of nitrogens with one attached hydrogen (secondary N) is 3. The van der Waals surface area contributed by atoms with E-state index in [0.717, 1.165) is 33.2 Å². The summed E-state index contributed by atoms with van der Waals surface area (Å²) < 4.78 is 61.4. The summed E-state index contributed by atoms with van der Waals surface area (Å²) in [6, 6.07) is 46.9. The molecule has 7 aromatic rings. The van der Waals surface area contributed by atoms with Gasteiger partial charge in [0.2, 0.25) is 0 Å². The van der Waals surface area contributed by atoms with E-state index in [2.05, 4.69) is 15.2 Å². The van der Waals surface area contributed by atoms with E-state index >= 15 is 0 Å². The summed E-state index contributed by atoms with van der Waals surface area (Å²) in [5.41, 5.74) is 4.77. The van der Waals surface area contributed by atoms with Gasteiger partial charge in [0, 0.05) is 23.5 Å². The zero-order valence-corrected chi connectivity index (χ0v) is 38.4. The second-order valence-electron chi connectivity index (χ2n) is 14.7. The second-order valence-corrected chi connectivity index (χ2v) is 18.0. The Balaban J connectivity index is 0.000000216. The van der Waals surface area contributed by atoms with Crippen molar-refractivity contribution >= 4 is 38.3 Å². The fourth-order valence-corrected chi connectivity index (χ4v) is 9.50. The smallest absolute Gasteiger partial charge is 0.465 e. The maximum atomic E-state index is 14.0. The largest absolute Gasteiger partial charge is 0.513 e. The van der Waals surface area contributed by atoms with Crippen LogP contribution in [0.5, 0.6) is 23.0 Å². The molecule has 7 rings (SSSR count). The average Bonchev–Trinajstić information content (AvgIpc) is 3.71. The van der Waals surface area contributed by atoms with Gasteiger partial charge in [-0.1, -0.05) is 120 Å². The molecule has 0 bridgehead atoms. The van der Waals surface area contributed by atoms with Crippen molar-refractivity contribution in [3.63, 3.8) is 0 Å². The maximum absolute atomic E-state index is 14.0. The molecule has 0 spiro atoms. The summed E-state index contributed by atoms with van der Waals surface area (Å²) in [6.45, 7) is 7.73. The molecular weight excluding hydrogens is 865 g/mol. The number of rotatable bonds is 20. The van der Waals surface area contributed by atoms with Crippen molar-refractivity contribution in [2.45, 2.75) is 52.6 Å². The Morgan fingerprint density at radius 1 is 0.508 bits per heavy atom. The van der Waals surface area contributed by atoms with E-state index in [9.17, 15) is 18.7 Å². The minimum atomic E-state index is -4.05. The first-order valence-electron chi connectivity index (χ1n) is 21.1. The predicted octanol–water partition coefficient (Wildman–Crippen LogP) is 11.1. The Labute approximate surface area is 379 Å². The van der Waals surface area contributed by atoms with Crippen LogP contribution >= 0.6 is 15.5 Å². The summed E-state index contributed by atoms with van der Waals surface area (Å²) in [6.07, 6.45) is 2.32. The van der Waals surface area contributed by atoms with Crippen LogP contribution in [-0.4, -0.2) is 42.2 Å². The van der Waals surface area contributed by atoms with Gasteiger partial charge in [0.05, 0.1) is 13.2 Å². The van der Waals surface area contributed by atoms with Gasteiger partial charge in [-0.3, -0.25) is 9.59 Å². The number of aryl methyl sites for hydroxylation is 2. The molecule has 0 amide bonds. The fraction of sp³-hybridized carbons (Fsp3) is 0.200. The quantitative estimate of drug-likeness (QED) is 0.0490. The number of aromatic nitrogens is 1. The number of aromatic amines is 1. The van der Waals surface area contributed by atoms with Gasteiger partial charge in [0.1, 0.15) is 35.1 Å². The number of hydrogen-bond acceptors (Lipinski definition) is 10. The van der Waals surface area contributed by atoms with Crippen molar-refractivity contribution in [1.82, 2.24) is 15.2 Å². The van der Waals surface area contributed by atoms with Crippen LogP contribution in [0.1, 0.15) is 36.1 Å². The summed E-state index contributed by atoms with van der Waals surface area (Å²) in [4.78, 5) is 28.8. The fourth-order valence-electron chi connectivity index (χ4n) is 6.46. The molecule has 1 heterocycles. The van der Waals surface area contributed by atoms with Crippen LogP contribution in [0.2, 0.25) is 0 Å². The minimum absolute atomic E-state index is 0.188. The molecule has 0 fully saturated rings. The topological polar surface area (TPSA) is 164 Å². The van der Waals surface area contributed by atoms with Crippen molar-refractivity contribution in [3.05, 3.63) is 192 Å². The molecule has 4 atom stereocenters. The highest BCUT2D eigenvalue weighted by Gasteiger charge is 2.37. The van der Waals surface area contributed by atoms with Crippen LogP contribution in [0.4, 0.5) is 0 Å². The van der Waals surface area contributed by atoms with Crippen molar-refractivity contribution in [2.75, 3.05) is 13.2 Å². The normalized spacial score (nSPS) is 13.7. The summed E-state index contributed by atoms with van der Waals surface area (Å²) in [7, 11) is -8.05. The van der Waals surface area contributed by atoms with Gasteiger partial charge in [-0.15, -0.1) is 0 Å². The van der Waals surface area contributed by atoms with Crippen LogP contribution < -0.4 is 28.3 Å². The first-order valence-corrected chi connectivity index (χ1v) is 24.2. The number of carbonyl (C=O) groups is 2. The van der Waals surface area contributed by atoms with Gasteiger partial charge >= 0.3 is 27.4 Å². The van der Waals surface area contributed by atoms with Gasteiger partial charge in [-0.05, 0) is 99.8 Å². The predicted molar refractivity (Wildman–Crippen MR) is 252 cm³/mol. The highest BCUT2D eigenvalue weighted by molar-refractivity contribution is 7.52. The van der Waals surface area contributed by atoms with Gasteiger partial charge < -0.3 is 32.6 Å². The van der Waals surface area contributed by atoms with E-state index in [-0.39, 0.29) is 26.1 Å². The Kier molecular flexibility index (Phi) is 17.2. The lowest BCUT2D eigenvalue weighted by molar-refractivity contribution is -0.146. The Hall–Kier alpha value is -6.62. The van der Waals surface area contributed by atoms with E-state index in [4.69, 9.17) is 27.6 Å². The Bertz CT molecular complexity index is 2670. The lowest BCUT2D eigenvalue weighted by Gasteiger charge is -2.25. The Morgan fingerprint density at radius 3 is 1.34 bits per heavy atom. The third-order valence-corrected chi connectivity index (χ3v) is 12.6. The molecule has 0 aliphatic heterocycles. The first-order chi connectivity index (χ1) is 31.4. The standard InChI is InChI=1S/C26H27N2O5P.C24H26NO5P/c1-3-31-26(29)25(17-20-18-27-24-12-8-7-11-23(20)24)28-34(30,32-21-9-5-4-6-10-21)33-22-15-13-19(2)14-16-22;1-3-28-24(26)23(18-20-10-6-4-7-11-20)25-31(27,29-21-12-8-5-9-13-21)30-22-16-14-19(2)15-17-22/h4-16,18,25,27H,3,17H2,1-2H3,(H,28,30);4-17,23H,3,18H2,1-2H3,(H,25,27)/t25-,34?;23-,31?/m00/s1. The highest BCUT2D eigenvalue weighted by Crippen LogP contribution is 2.47. The molecule has 0 saturated carbocycles. The molecule has 2 unspecified atom stereocenters. The van der Waals surface area contributed by atoms with Crippen molar-refractivity contribution in [1.29, 1.82) is 0 Å². The number of ether oxygens (including phenoxy) is 2. The van der Waals surface area contributed by atoms with Crippen molar-refractivity contribution < 1.29 is 46.3 Å². The van der Waals surface area contributed by atoms with Crippen LogP contribution in [-0.2, 0) is 41.0 Å². The van der Waals surface area contributed by atoms with E-state index < -0.39 is 39.5 Å². The molecule has 0 radical (unpaired) electrons. The average molecular weight is 918 g/mol. The molecule has 1 aromatic heterocycles. The second kappa shape index (κ2) is 23.4. The molecule has 3 N–H and O–H groups in total. The highest BCUT2D eigenvalue weighted by atomic mass is 31.2. The monoisotopic (exact) mass is 917 g/mol. The van der Waals surface area contributed by atoms with Crippen LogP contribution in [0.25, 0.3) is 10.9 Å². The van der Waals surface area contributed by atoms with Crippen LogP contribution in [0, 0.1) is 13.8 Å². The van der Waals surface area contributed by atoms with Gasteiger partial charge in [0.25, 0.3) is 0 Å². The molecular formula is C50H53N3O10P2. The lowest BCUT2D eigenvalue weighted by atomic mass is 10.1. The summed E-state index contributed by atoms with van der Waals surface area (Å²) >= 11 is 0. The molecule has 338 valence electrons. The number of carbonyl (C=O) groups excluding carboxylic acids is 2. The number of para-hydroxylation sites is 3. The van der Waals surface area contributed by atoms with Crippen LogP contribution in [0.3, 0.4) is 0 Å². The number of benzene rings is 6. The zero-order valence-electron chi connectivity index (χ0n) is 36.6. The molecule has 65 heavy (non-hydrogen) atoms. The van der Waals surface area contributed by atoms with Crippen LogP contribution in [0.15, 0.2) is 170 Å². The molecule has 0 saturated heterocycles. The maximum Gasteiger partial charge on any atom is 0.513 e. The van der Waals surface area contributed by atoms with Gasteiger partial charge in [0.15, 0.2) is 0 Å². The summed E-state index contributed by atoms with van der Waals surface area (Å²) in [5, 5.41) is 6.63. The number of hydrogen-bond donors (Lipinski definition) is 3. The van der Waals surface area contributed by atoms with Crippen molar-refractivity contribution in [2.24, 2.45) is 0 Å². The van der Waals surface area contributed by atoms with E-state index in [1.165, 1.54) is 0 Å².